The van der Waals surface area contributed by atoms with Gasteiger partial charge in [0, 0.05) is 12.1 Å². The smallest absolute Gasteiger partial charge is 0.258 e. The van der Waals surface area contributed by atoms with Crippen LogP contribution in [-0.2, 0) is 19.7 Å². The van der Waals surface area contributed by atoms with Gasteiger partial charge in [-0.15, -0.1) is 11.6 Å². The van der Waals surface area contributed by atoms with E-state index in [1.807, 2.05) is 0 Å². The fourth-order valence-electron chi connectivity index (χ4n) is 2.12. The first-order valence-electron chi connectivity index (χ1n) is 7.01. The third kappa shape index (κ3) is 5.00. The summed E-state index contributed by atoms with van der Waals surface area (Å²) in [7, 11) is -7.59. The molecule has 0 unspecified atom stereocenters. The third-order valence-electron chi connectivity index (χ3n) is 3.31. The molecule has 0 saturated carbocycles. The number of sulfone groups is 2. The normalized spacial score (nSPS) is 13.3. The molecule has 2 rings (SSSR count). The van der Waals surface area contributed by atoms with Gasteiger partial charge in [0.15, 0.2) is 19.7 Å². The number of nitro benzene ring substituents is 1. The minimum Gasteiger partial charge on any atom is -0.258 e. The molecule has 0 saturated heterocycles. The molecule has 0 aliphatic carbocycles. The van der Waals surface area contributed by atoms with Gasteiger partial charge in [-0.3, -0.25) is 10.1 Å². The van der Waals surface area contributed by atoms with Gasteiger partial charge in [0.1, 0.15) is 0 Å². The summed E-state index contributed by atoms with van der Waals surface area (Å²) >= 11 is 5.96. The summed E-state index contributed by atoms with van der Waals surface area (Å²) in [6.45, 7) is 0. The predicted octanol–water partition coefficient (Wildman–Crippen LogP) is 2.45. The molecule has 1 atom stereocenters. The molecule has 0 spiro atoms. The second-order valence-electron chi connectivity index (χ2n) is 5.22. The summed E-state index contributed by atoms with van der Waals surface area (Å²) in [6.07, 6.45) is 0. The molecule has 2 aromatic carbocycles. The Labute approximate surface area is 150 Å². The molecule has 0 fully saturated rings. The Hall–Kier alpha value is -1.97. The van der Waals surface area contributed by atoms with Crippen molar-refractivity contribution in [2.45, 2.75) is 15.2 Å². The van der Waals surface area contributed by atoms with Gasteiger partial charge in [0.05, 0.1) is 31.6 Å². The van der Waals surface area contributed by atoms with Gasteiger partial charge in [-0.1, -0.05) is 18.2 Å². The fourth-order valence-corrected chi connectivity index (χ4v) is 5.96. The zero-order valence-corrected chi connectivity index (χ0v) is 15.2. The van der Waals surface area contributed by atoms with E-state index >= 15 is 0 Å². The summed E-state index contributed by atoms with van der Waals surface area (Å²) in [4.78, 5) is 9.87. The number of nitrogens with zero attached hydrogens (tertiary/aromatic N) is 1. The lowest BCUT2D eigenvalue weighted by Gasteiger charge is -2.11. The maximum atomic E-state index is 12.3. The highest BCUT2D eigenvalue weighted by Gasteiger charge is 2.26. The van der Waals surface area contributed by atoms with Crippen molar-refractivity contribution in [3.63, 3.8) is 0 Å². The van der Waals surface area contributed by atoms with Crippen LogP contribution in [0, 0.1) is 10.1 Å². The molecule has 0 aliphatic rings. The third-order valence-corrected chi connectivity index (χ3v) is 7.65. The number of non-ortho nitro benzene ring substituents is 1. The number of hydrogen-bond donors (Lipinski definition) is 0. The van der Waals surface area contributed by atoms with Crippen molar-refractivity contribution in [3.8, 4) is 0 Å². The summed E-state index contributed by atoms with van der Waals surface area (Å²) in [6, 6.07) is 11.9. The van der Waals surface area contributed by atoms with Crippen LogP contribution in [0.25, 0.3) is 0 Å². The van der Waals surface area contributed by atoms with E-state index in [1.54, 1.807) is 18.2 Å². The SMILES string of the molecule is O=[N+]([O-])c1ccc(S(=O)(=O)C[C@H](Cl)CS(=O)(=O)c2ccccc2)cc1. The van der Waals surface area contributed by atoms with Crippen LogP contribution in [0.1, 0.15) is 0 Å². The molecule has 134 valence electrons. The number of rotatable bonds is 7. The molecular formula is C15H14ClNO6S2. The van der Waals surface area contributed by atoms with E-state index < -0.39 is 41.5 Å². The molecule has 10 heteroatoms. The van der Waals surface area contributed by atoms with Crippen molar-refractivity contribution in [1.82, 2.24) is 0 Å². The summed E-state index contributed by atoms with van der Waals surface area (Å²) in [5.74, 6) is -1.14. The van der Waals surface area contributed by atoms with E-state index in [-0.39, 0.29) is 15.5 Å². The minimum absolute atomic E-state index is 0.0633. The van der Waals surface area contributed by atoms with Crippen LogP contribution < -0.4 is 0 Å². The van der Waals surface area contributed by atoms with Gasteiger partial charge in [-0.25, -0.2) is 16.8 Å². The summed E-state index contributed by atoms with van der Waals surface area (Å²) in [5, 5.41) is 9.44. The van der Waals surface area contributed by atoms with Gasteiger partial charge >= 0.3 is 0 Å². The summed E-state index contributed by atoms with van der Waals surface area (Å²) in [5.41, 5.74) is -0.243. The largest absolute Gasteiger partial charge is 0.269 e. The molecule has 0 radical (unpaired) electrons. The monoisotopic (exact) mass is 403 g/mol. The van der Waals surface area contributed by atoms with E-state index in [0.717, 1.165) is 24.3 Å². The van der Waals surface area contributed by atoms with Gasteiger partial charge in [-0.2, -0.15) is 0 Å². The van der Waals surface area contributed by atoms with Crippen LogP contribution in [-0.4, -0.2) is 38.6 Å². The molecule has 2 aromatic rings. The Bertz CT molecular complexity index is 957. The minimum atomic E-state index is -3.88. The molecule has 0 heterocycles. The lowest BCUT2D eigenvalue weighted by molar-refractivity contribution is -0.384. The second-order valence-corrected chi connectivity index (χ2v) is 9.91. The van der Waals surface area contributed by atoms with Crippen molar-refractivity contribution >= 4 is 37.0 Å². The van der Waals surface area contributed by atoms with E-state index in [9.17, 15) is 26.9 Å². The van der Waals surface area contributed by atoms with E-state index in [2.05, 4.69) is 0 Å². The molecule has 0 amide bonds. The topological polar surface area (TPSA) is 111 Å². The number of halogens is 1. The fraction of sp³-hybridized carbons (Fsp3) is 0.200. The van der Waals surface area contributed by atoms with Crippen molar-refractivity contribution in [1.29, 1.82) is 0 Å². The van der Waals surface area contributed by atoms with Crippen molar-refractivity contribution in [2.24, 2.45) is 0 Å². The van der Waals surface area contributed by atoms with Gasteiger partial charge in [0.25, 0.3) is 5.69 Å². The van der Waals surface area contributed by atoms with Crippen LogP contribution in [0.2, 0.25) is 0 Å². The Balaban J connectivity index is 2.13. The average molecular weight is 404 g/mol. The van der Waals surface area contributed by atoms with Crippen molar-refractivity contribution in [3.05, 3.63) is 64.7 Å². The van der Waals surface area contributed by atoms with Gasteiger partial charge < -0.3 is 0 Å². The van der Waals surface area contributed by atoms with Crippen LogP contribution in [0.4, 0.5) is 5.69 Å². The highest BCUT2D eigenvalue weighted by Crippen LogP contribution is 2.20. The second kappa shape index (κ2) is 7.51. The highest BCUT2D eigenvalue weighted by atomic mass is 35.5. The van der Waals surface area contributed by atoms with E-state index in [1.165, 1.54) is 12.1 Å². The predicted molar refractivity (Wildman–Crippen MR) is 93.3 cm³/mol. The lowest BCUT2D eigenvalue weighted by atomic mass is 10.3. The number of nitro groups is 1. The average Bonchev–Trinajstić information content (AvgIpc) is 2.54. The maximum absolute atomic E-state index is 12.3. The van der Waals surface area contributed by atoms with E-state index in [0.29, 0.717) is 0 Å². The Morgan fingerprint density at radius 2 is 1.28 bits per heavy atom. The molecule has 0 bridgehead atoms. The maximum Gasteiger partial charge on any atom is 0.269 e. The molecular weight excluding hydrogens is 390 g/mol. The quantitative estimate of drug-likeness (QED) is 0.398. The van der Waals surface area contributed by atoms with Crippen LogP contribution in [0.5, 0.6) is 0 Å². The molecule has 0 N–H and O–H groups in total. The van der Waals surface area contributed by atoms with Gasteiger partial charge in [0.2, 0.25) is 0 Å². The lowest BCUT2D eigenvalue weighted by Crippen LogP contribution is -2.24. The van der Waals surface area contributed by atoms with E-state index in [4.69, 9.17) is 11.6 Å². The number of hydrogen-bond acceptors (Lipinski definition) is 6. The van der Waals surface area contributed by atoms with Crippen molar-refractivity contribution < 1.29 is 21.8 Å². The zero-order chi connectivity index (χ0) is 18.7. The highest BCUT2D eigenvalue weighted by molar-refractivity contribution is 7.92. The van der Waals surface area contributed by atoms with Crippen molar-refractivity contribution in [2.75, 3.05) is 11.5 Å². The van der Waals surface area contributed by atoms with Crippen LogP contribution in [0.3, 0.4) is 0 Å². The first-order chi connectivity index (χ1) is 11.6. The standard InChI is InChI=1S/C15H14ClNO6S2/c16-12(10-24(20,21)14-4-2-1-3-5-14)11-25(22,23)15-8-6-13(7-9-15)17(18)19/h1-9,12H,10-11H2/t12-/m1/s1. The van der Waals surface area contributed by atoms with Crippen LogP contribution in [0.15, 0.2) is 64.4 Å². The summed E-state index contributed by atoms with van der Waals surface area (Å²) < 4.78 is 49.1. The molecule has 7 nitrogen and oxygen atoms in total. The first-order valence-corrected chi connectivity index (χ1v) is 10.7. The zero-order valence-electron chi connectivity index (χ0n) is 12.8. The first kappa shape index (κ1) is 19.4. The number of benzene rings is 2. The Morgan fingerprint density at radius 1 is 0.840 bits per heavy atom. The molecule has 0 aromatic heterocycles. The Morgan fingerprint density at radius 3 is 1.72 bits per heavy atom. The van der Waals surface area contributed by atoms with Gasteiger partial charge in [-0.05, 0) is 24.3 Å². The number of alkyl halides is 1. The Kier molecular flexibility index (Phi) is 5.81. The molecule has 25 heavy (non-hydrogen) atoms. The molecule has 0 aliphatic heterocycles. The van der Waals surface area contributed by atoms with Crippen LogP contribution >= 0.6 is 11.6 Å².